The lowest BCUT2D eigenvalue weighted by Crippen LogP contribution is -2.09. The van der Waals surface area contributed by atoms with Crippen LogP contribution >= 0.6 is 0 Å². The van der Waals surface area contributed by atoms with Gasteiger partial charge in [0.05, 0.1) is 13.7 Å². The zero-order valence-corrected chi connectivity index (χ0v) is 9.35. The molecule has 86 valence electrons. The van der Waals surface area contributed by atoms with Gasteiger partial charge in [0.15, 0.2) is 5.75 Å². The van der Waals surface area contributed by atoms with Crippen LogP contribution in [0, 0.1) is 5.92 Å². The summed E-state index contributed by atoms with van der Waals surface area (Å²) < 4.78 is 10.8. The first-order chi connectivity index (χ1) is 7.79. The molecule has 0 aliphatic heterocycles. The molecule has 16 heavy (non-hydrogen) atoms. The van der Waals surface area contributed by atoms with Crippen molar-refractivity contribution in [3.05, 3.63) is 24.3 Å². The molecule has 0 saturated carbocycles. The molecule has 2 N–H and O–H groups in total. The van der Waals surface area contributed by atoms with Crippen molar-refractivity contribution in [2.45, 2.75) is 12.8 Å². The molecule has 1 heterocycles. The van der Waals surface area contributed by atoms with Crippen LogP contribution in [0.4, 0.5) is 5.82 Å². The number of nitrogen functional groups attached to an aromatic ring is 1. The highest BCUT2D eigenvalue weighted by molar-refractivity contribution is 5.41. The molecule has 2 rings (SSSR count). The SMILES string of the molecule is COc1nc(N)ccc1OCC1CC=CC1. The Labute approximate surface area is 95.1 Å². The van der Waals surface area contributed by atoms with Crippen LogP contribution in [0.15, 0.2) is 24.3 Å². The van der Waals surface area contributed by atoms with Gasteiger partial charge in [-0.25, -0.2) is 0 Å². The van der Waals surface area contributed by atoms with Crippen molar-refractivity contribution in [3.8, 4) is 11.6 Å². The molecular formula is C12H16N2O2. The van der Waals surface area contributed by atoms with E-state index in [1.807, 2.05) is 0 Å². The van der Waals surface area contributed by atoms with Crippen LogP contribution in [-0.4, -0.2) is 18.7 Å². The van der Waals surface area contributed by atoms with Crippen LogP contribution in [0.3, 0.4) is 0 Å². The van der Waals surface area contributed by atoms with Crippen molar-refractivity contribution in [3.63, 3.8) is 0 Å². The van der Waals surface area contributed by atoms with E-state index in [0.29, 0.717) is 30.0 Å². The van der Waals surface area contributed by atoms with Gasteiger partial charge in [0.1, 0.15) is 5.82 Å². The minimum Gasteiger partial charge on any atom is -0.488 e. The molecule has 1 aromatic heterocycles. The zero-order chi connectivity index (χ0) is 11.4. The topological polar surface area (TPSA) is 57.4 Å². The average Bonchev–Trinajstić information content (AvgIpc) is 2.80. The van der Waals surface area contributed by atoms with E-state index in [2.05, 4.69) is 17.1 Å². The number of anilines is 1. The lowest BCUT2D eigenvalue weighted by Gasteiger charge is -2.13. The number of rotatable bonds is 4. The molecular weight excluding hydrogens is 204 g/mol. The third-order valence-corrected chi connectivity index (χ3v) is 2.62. The summed E-state index contributed by atoms with van der Waals surface area (Å²) in [5, 5.41) is 0. The first-order valence-corrected chi connectivity index (χ1v) is 5.38. The number of methoxy groups -OCH3 is 1. The van der Waals surface area contributed by atoms with Crippen LogP contribution in [0.2, 0.25) is 0 Å². The van der Waals surface area contributed by atoms with Gasteiger partial charge in [-0.15, -0.1) is 0 Å². The first kappa shape index (κ1) is 10.8. The summed E-state index contributed by atoms with van der Waals surface area (Å²) >= 11 is 0. The van der Waals surface area contributed by atoms with Crippen LogP contribution in [0.5, 0.6) is 11.6 Å². The molecule has 0 amide bonds. The minimum atomic E-state index is 0.437. The van der Waals surface area contributed by atoms with Gasteiger partial charge in [-0.2, -0.15) is 4.98 Å². The average molecular weight is 220 g/mol. The van der Waals surface area contributed by atoms with E-state index in [1.54, 1.807) is 19.2 Å². The van der Waals surface area contributed by atoms with Gasteiger partial charge < -0.3 is 15.2 Å². The predicted molar refractivity (Wildman–Crippen MR) is 62.6 cm³/mol. The van der Waals surface area contributed by atoms with E-state index >= 15 is 0 Å². The van der Waals surface area contributed by atoms with Gasteiger partial charge in [0, 0.05) is 0 Å². The number of pyridine rings is 1. The van der Waals surface area contributed by atoms with E-state index < -0.39 is 0 Å². The molecule has 0 spiro atoms. The Morgan fingerprint density at radius 1 is 1.38 bits per heavy atom. The van der Waals surface area contributed by atoms with Crippen LogP contribution < -0.4 is 15.2 Å². The number of nitrogens with zero attached hydrogens (tertiary/aromatic N) is 1. The van der Waals surface area contributed by atoms with Gasteiger partial charge in [-0.05, 0) is 30.9 Å². The highest BCUT2D eigenvalue weighted by Crippen LogP contribution is 2.27. The van der Waals surface area contributed by atoms with E-state index in [-0.39, 0.29) is 0 Å². The molecule has 1 aromatic rings. The number of allylic oxidation sites excluding steroid dienone is 2. The Hall–Kier alpha value is -1.71. The Kier molecular flexibility index (Phi) is 3.29. The predicted octanol–water partition coefficient (Wildman–Crippen LogP) is 2.02. The van der Waals surface area contributed by atoms with E-state index in [4.69, 9.17) is 15.2 Å². The Balaban J connectivity index is 1.97. The quantitative estimate of drug-likeness (QED) is 0.789. The maximum Gasteiger partial charge on any atom is 0.258 e. The zero-order valence-electron chi connectivity index (χ0n) is 9.35. The Morgan fingerprint density at radius 3 is 2.81 bits per heavy atom. The minimum absolute atomic E-state index is 0.437. The fourth-order valence-electron chi connectivity index (χ4n) is 1.72. The summed E-state index contributed by atoms with van der Waals surface area (Å²) in [6, 6.07) is 3.51. The summed E-state index contributed by atoms with van der Waals surface area (Å²) in [7, 11) is 1.56. The van der Waals surface area contributed by atoms with Crippen LogP contribution in [0.25, 0.3) is 0 Å². The maximum absolute atomic E-state index is 5.68. The molecule has 0 atom stereocenters. The number of hydrogen-bond donors (Lipinski definition) is 1. The van der Waals surface area contributed by atoms with Crippen LogP contribution in [-0.2, 0) is 0 Å². The number of ether oxygens (including phenoxy) is 2. The Bertz CT molecular complexity index is 383. The second-order valence-electron chi connectivity index (χ2n) is 3.86. The first-order valence-electron chi connectivity index (χ1n) is 5.38. The van der Waals surface area contributed by atoms with E-state index in [1.165, 1.54) is 0 Å². The van der Waals surface area contributed by atoms with Gasteiger partial charge in [-0.3, -0.25) is 0 Å². The monoisotopic (exact) mass is 220 g/mol. The van der Waals surface area contributed by atoms with Crippen molar-refractivity contribution < 1.29 is 9.47 Å². The molecule has 4 heteroatoms. The number of aromatic nitrogens is 1. The molecule has 0 fully saturated rings. The van der Waals surface area contributed by atoms with Gasteiger partial charge in [-0.1, -0.05) is 12.2 Å². The second-order valence-corrected chi connectivity index (χ2v) is 3.86. The lowest BCUT2D eigenvalue weighted by molar-refractivity contribution is 0.241. The molecule has 1 aliphatic rings. The van der Waals surface area contributed by atoms with Crippen molar-refractivity contribution in [2.24, 2.45) is 5.92 Å². The highest BCUT2D eigenvalue weighted by Gasteiger charge is 2.13. The molecule has 0 radical (unpaired) electrons. The molecule has 0 unspecified atom stereocenters. The number of hydrogen-bond acceptors (Lipinski definition) is 4. The van der Waals surface area contributed by atoms with Crippen molar-refractivity contribution in [1.29, 1.82) is 0 Å². The summed E-state index contributed by atoms with van der Waals surface area (Å²) in [6.45, 7) is 0.689. The van der Waals surface area contributed by atoms with Crippen molar-refractivity contribution >= 4 is 5.82 Å². The molecule has 0 bridgehead atoms. The van der Waals surface area contributed by atoms with E-state index in [0.717, 1.165) is 12.8 Å². The molecule has 0 saturated heterocycles. The molecule has 4 nitrogen and oxygen atoms in total. The van der Waals surface area contributed by atoms with Crippen molar-refractivity contribution in [2.75, 3.05) is 19.5 Å². The van der Waals surface area contributed by atoms with E-state index in [9.17, 15) is 0 Å². The van der Waals surface area contributed by atoms with Crippen LogP contribution in [0.1, 0.15) is 12.8 Å². The summed E-state index contributed by atoms with van der Waals surface area (Å²) in [5.41, 5.74) is 5.56. The number of nitrogens with two attached hydrogens (primary N) is 1. The third kappa shape index (κ3) is 2.45. The van der Waals surface area contributed by atoms with Gasteiger partial charge in [0.2, 0.25) is 0 Å². The summed E-state index contributed by atoms with van der Waals surface area (Å²) in [6.07, 6.45) is 6.55. The highest BCUT2D eigenvalue weighted by atomic mass is 16.5. The maximum atomic E-state index is 5.68. The fraction of sp³-hybridized carbons (Fsp3) is 0.417. The second kappa shape index (κ2) is 4.88. The molecule has 0 aromatic carbocycles. The standard InChI is InChI=1S/C12H16N2O2/c1-15-12-10(6-7-11(13)14-12)16-8-9-4-2-3-5-9/h2-3,6-7,9H,4-5,8H2,1H3,(H2,13,14). The van der Waals surface area contributed by atoms with Crippen molar-refractivity contribution in [1.82, 2.24) is 4.98 Å². The normalized spacial score (nSPS) is 15.3. The van der Waals surface area contributed by atoms with Gasteiger partial charge >= 0.3 is 0 Å². The third-order valence-electron chi connectivity index (χ3n) is 2.62. The summed E-state index contributed by atoms with van der Waals surface area (Å²) in [5.74, 6) is 2.11. The van der Waals surface area contributed by atoms with Gasteiger partial charge in [0.25, 0.3) is 5.88 Å². The molecule has 1 aliphatic carbocycles. The summed E-state index contributed by atoms with van der Waals surface area (Å²) in [4.78, 5) is 4.05. The fourth-order valence-corrected chi connectivity index (χ4v) is 1.72. The lowest BCUT2D eigenvalue weighted by atomic mass is 10.1. The smallest absolute Gasteiger partial charge is 0.258 e. The largest absolute Gasteiger partial charge is 0.488 e. The Morgan fingerprint density at radius 2 is 2.12 bits per heavy atom.